The highest BCUT2D eigenvalue weighted by Crippen LogP contribution is 2.23. The molecule has 0 unspecified atom stereocenters. The van der Waals surface area contributed by atoms with E-state index in [-0.39, 0.29) is 0 Å². The van der Waals surface area contributed by atoms with Gasteiger partial charge in [0.15, 0.2) is 0 Å². The molecule has 0 N–H and O–H groups in total. The molecule has 1 aliphatic rings. The lowest BCUT2D eigenvalue weighted by molar-refractivity contribution is -0.396. The van der Waals surface area contributed by atoms with Crippen LogP contribution in [0, 0.1) is 13.8 Å². The van der Waals surface area contributed by atoms with Crippen molar-refractivity contribution in [3.8, 4) is 0 Å². The van der Waals surface area contributed by atoms with Gasteiger partial charge in [-0.05, 0) is 11.1 Å². The van der Waals surface area contributed by atoms with Crippen LogP contribution in [0.25, 0.3) is 5.57 Å². The van der Waals surface area contributed by atoms with E-state index >= 15 is 0 Å². The van der Waals surface area contributed by atoms with Gasteiger partial charge >= 0.3 is 23.1 Å². The van der Waals surface area contributed by atoms with E-state index in [2.05, 4.69) is 24.3 Å². The first-order valence-electron chi connectivity index (χ1n) is 5.85. The van der Waals surface area contributed by atoms with E-state index in [9.17, 15) is 0 Å². The smallest absolute Gasteiger partial charge is 0.219 e. The first-order chi connectivity index (χ1) is 8.04. The second kappa shape index (κ2) is 4.66. The fraction of sp³-hybridized carbons (Fsp3) is 0.333. The van der Waals surface area contributed by atoms with Crippen LogP contribution in [0.15, 0.2) is 34.5 Å². The SMILES string of the molecule is CC1=CCC(c2cc(C)[o+]c(C)c2)=CC(C)=[O+]1. The monoisotopic (exact) mass is 230 g/mol. The van der Waals surface area contributed by atoms with Crippen LogP contribution in [-0.2, 0) is 4.42 Å². The zero-order chi connectivity index (χ0) is 12.4. The number of allylic oxidation sites excluding steroid dienone is 4. The summed E-state index contributed by atoms with van der Waals surface area (Å²) < 4.78 is 11.1. The van der Waals surface area contributed by atoms with Crippen molar-refractivity contribution in [2.24, 2.45) is 0 Å². The van der Waals surface area contributed by atoms with Gasteiger partial charge in [0.25, 0.3) is 0 Å². The van der Waals surface area contributed by atoms with Crippen molar-refractivity contribution in [2.45, 2.75) is 34.1 Å². The summed E-state index contributed by atoms with van der Waals surface area (Å²) in [6.07, 6.45) is 5.10. The lowest BCUT2D eigenvalue weighted by Gasteiger charge is -2.00. The first kappa shape index (κ1) is 11.8. The summed E-state index contributed by atoms with van der Waals surface area (Å²) in [5, 5.41) is 0. The van der Waals surface area contributed by atoms with Crippen LogP contribution < -0.4 is 0 Å². The number of hydrogen-bond donors (Lipinski definition) is 0. The minimum atomic E-state index is 0.895. The van der Waals surface area contributed by atoms with Gasteiger partial charge in [-0.25, -0.2) is 8.84 Å². The van der Waals surface area contributed by atoms with E-state index in [1.165, 1.54) is 11.1 Å². The largest absolute Gasteiger partial charge is 0.327 e. The third-order valence-electron chi connectivity index (χ3n) is 2.72. The lowest BCUT2D eigenvalue weighted by atomic mass is 10.0. The maximum atomic E-state index is 5.60. The molecule has 1 aromatic heterocycles. The maximum Gasteiger partial charge on any atom is 0.327 e. The average molecular weight is 230 g/mol. The molecular weight excluding hydrogens is 212 g/mol. The molecular formula is C15H18O2+2. The van der Waals surface area contributed by atoms with Gasteiger partial charge in [0.05, 0.1) is 27.7 Å². The quantitative estimate of drug-likeness (QED) is 0.669. The first-order valence-corrected chi connectivity index (χ1v) is 5.85. The molecule has 0 saturated carbocycles. The van der Waals surface area contributed by atoms with Crippen molar-refractivity contribution in [3.63, 3.8) is 0 Å². The molecule has 0 amide bonds. The summed E-state index contributed by atoms with van der Waals surface area (Å²) in [5.74, 6) is 3.76. The standard InChI is InChI=1S/C15H18O2/c1-10-5-6-14(7-11(2)16-10)15-8-12(3)17-13(4)9-15/h5,7-9H,6H2,1-4H3/q+2. The molecule has 0 spiro atoms. The Labute approximate surface area is 102 Å². The summed E-state index contributed by atoms with van der Waals surface area (Å²) in [6, 6.07) is 4.14. The Kier molecular flexibility index (Phi) is 3.23. The molecule has 2 rings (SSSR count). The van der Waals surface area contributed by atoms with Crippen LogP contribution in [0.3, 0.4) is 0 Å². The topological polar surface area (TPSA) is 22.6 Å². The van der Waals surface area contributed by atoms with Crippen molar-refractivity contribution in [2.75, 3.05) is 0 Å². The van der Waals surface area contributed by atoms with E-state index in [0.717, 1.165) is 29.5 Å². The maximum absolute atomic E-state index is 5.60. The molecule has 0 aliphatic carbocycles. The number of ketones is 1. The summed E-state index contributed by atoms with van der Waals surface area (Å²) in [7, 11) is 0. The van der Waals surface area contributed by atoms with Crippen molar-refractivity contribution in [1.29, 1.82) is 0 Å². The van der Waals surface area contributed by atoms with Crippen molar-refractivity contribution >= 4 is 11.4 Å². The average Bonchev–Trinajstić information content (AvgIpc) is 2.38. The molecule has 1 aromatic rings. The predicted molar refractivity (Wildman–Crippen MR) is 69.6 cm³/mol. The second-order valence-corrected chi connectivity index (χ2v) is 4.47. The Hall–Kier alpha value is -1.70. The molecule has 2 heteroatoms. The third kappa shape index (κ3) is 2.90. The molecule has 88 valence electrons. The minimum absolute atomic E-state index is 0.895. The molecule has 2 heterocycles. The van der Waals surface area contributed by atoms with Gasteiger partial charge in [0, 0.05) is 30.7 Å². The third-order valence-corrected chi connectivity index (χ3v) is 2.72. The van der Waals surface area contributed by atoms with E-state index in [4.69, 9.17) is 8.84 Å². The van der Waals surface area contributed by atoms with Crippen LogP contribution in [0.2, 0.25) is 0 Å². The molecule has 0 saturated heterocycles. The highest BCUT2D eigenvalue weighted by molar-refractivity contribution is 5.96. The predicted octanol–water partition coefficient (Wildman–Crippen LogP) is 3.99. The van der Waals surface area contributed by atoms with Gasteiger partial charge in [0.1, 0.15) is 0 Å². The summed E-state index contributed by atoms with van der Waals surface area (Å²) in [4.78, 5) is 0. The Morgan fingerprint density at radius 2 is 1.65 bits per heavy atom. The Bertz CT molecular complexity index is 514. The fourth-order valence-corrected chi connectivity index (χ4v) is 2.06. The number of rotatable bonds is 1. The van der Waals surface area contributed by atoms with Crippen LogP contribution in [-0.4, -0.2) is 5.78 Å². The Morgan fingerprint density at radius 1 is 1.00 bits per heavy atom. The molecule has 2 nitrogen and oxygen atoms in total. The minimum Gasteiger partial charge on any atom is -0.219 e. The van der Waals surface area contributed by atoms with Gasteiger partial charge in [-0.3, -0.25) is 0 Å². The highest BCUT2D eigenvalue weighted by Gasteiger charge is 2.16. The van der Waals surface area contributed by atoms with Gasteiger partial charge in [-0.1, -0.05) is 0 Å². The Balaban J connectivity index is 2.44. The fourth-order valence-electron chi connectivity index (χ4n) is 2.06. The van der Waals surface area contributed by atoms with Crippen LogP contribution in [0.1, 0.15) is 37.4 Å². The second-order valence-electron chi connectivity index (χ2n) is 4.47. The summed E-state index contributed by atoms with van der Waals surface area (Å²) in [5.41, 5.74) is 2.47. The zero-order valence-electron chi connectivity index (χ0n) is 10.8. The van der Waals surface area contributed by atoms with E-state index < -0.39 is 0 Å². The number of hydrogen-bond acceptors (Lipinski definition) is 0. The van der Waals surface area contributed by atoms with Crippen LogP contribution >= 0.6 is 0 Å². The summed E-state index contributed by atoms with van der Waals surface area (Å²) >= 11 is 0. The van der Waals surface area contributed by atoms with E-state index in [0.29, 0.717) is 0 Å². The number of carbonyl (C=O) groups excluding carboxylic acids is 1. The Morgan fingerprint density at radius 3 is 2.29 bits per heavy atom. The van der Waals surface area contributed by atoms with Crippen LogP contribution in [0.4, 0.5) is 0 Å². The lowest BCUT2D eigenvalue weighted by Crippen LogP contribution is -1.92. The summed E-state index contributed by atoms with van der Waals surface area (Å²) in [6.45, 7) is 7.91. The molecule has 0 bridgehead atoms. The van der Waals surface area contributed by atoms with Gasteiger partial charge in [-0.15, -0.1) is 0 Å². The van der Waals surface area contributed by atoms with Gasteiger partial charge in [-0.2, -0.15) is 0 Å². The van der Waals surface area contributed by atoms with Gasteiger partial charge < -0.3 is 0 Å². The van der Waals surface area contributed by atoms with Crippen molar-refractivity contribution < 1.29 is 8.84 Å². The number of aryl methyl sites for hydroxylation is 2. The highest BCUT2D eigenvalue weighted by atomic mass is 16.4. The molecule has 0 radical (unpaired) electrons. The normalized spacial score (nSPS) is 15.9. The van der Waals surface area contributed by atoms with E-state index in [1.54, 1.807) is 0 Å². The molecule has 0 atom stereocenters. The van der Waals surface area contributed by atoms with Gasteiger partial charge in [0.2, 0.25) is 0 Å². The molecule has 0 fully saturated rings. The van der Waals surface area contributed by atoms with E-state index in [1.807, 2.05) is 27.7 Å². The van der Waals surface area contributed by atoms with Crippen molar-refractivity contribution in [3.05, 3.63) is 47.1 Å². The van der Waals surface area contributed by atoms with Crippen molar-refractivity contribution in [1.82, 2.24) is 0 Å². The molecule has 0 aromatic carbocycles. The molecule has 17 heavy (non-hydrogen) atoms. The van der Waals surface area contributed by atoms with Crippen LogP contribution in [0.5, 0.6) is 0 Å². The zero-order valence-corrected chi connectivity index (χ0v) is 10.8. The molecule has 1 aliphatic heterocycles.